The minimum atomic E-state index is -0.333. The van der Waals surface area contributed by atoms with Crippen molar-refractivity contribution in [2.24, 2.45) is 5.73 Å². The van der Waals surface area contributed by atoms with Gasteiger partial charge in [-0.15, -0.1) is 0 Å². The summed E-state index contributed by atoms with van der Waals surface area (Å²) in [6, 6.07) is 6.91. The summed E-state index contributed by atoms with van der Waals surface area (Å²) in [5, 5.41) is 4.94. The molecule has 0 radical (unpaired) electrons. The van der Waals surface area contributed by atoms with Crippen LogP contribution in [0.1, 0.15) is 15.9 Å². The van der Waals surface area contributed by atoms with Gasteiger partial charge in [0.05, 0.1) is 18.7 Å². The fourth-order valence-electron chi connectivity index (χ4n) is 1.28. The summed E-state index contributed by atoms with van der Waals surface area (Å²) in [4.78, 5) is 22.9. The summed E-state index contributed by atoms with van der Waals surface area (Å²) in [6.45, 7) is 0.169. The molecule has 0 saturated heterocycles. The van der Waals surface area contributed by atoms with E-state index in [-0.39, 0.29) is 24.9 Å². The number of carbonyl (C=O) groups excluding carboxylic acids is 2. The molecule has 0 saturated carbocycles. The summed E-state index contributed by atoms with van der Waals surface area (Å²) in [7, 11) is 1.51. The number of rotatable bonds is 3. The van der Waals surface area contributed by atoms with Gasteiger partial charge in [-0.1, -0.05) is 24.0 Å². The number of likely N-dealkylation sites (N-methyl/N-ethyl adjacent to an activating group) is 1. The Hall–Kier alpha value is -2.32. The highest BCUT2D eigenvalue weighted by molar-refractivity contribution is 5.98. The molecule has 1 rings (SSSR count). The van der Waals surface area contributed by atoms with Crippen molar-refractivity contribution in [3.8, 4) is 11.8 Å². The second-order valence-corrected chi connectivity index (χ2v) is 3.41. The van der Waals surface area contributed by atoms with Crippen LogP contribution in [0.25, 0.3) is 0 Å². The third kappa shape index (κ3) is 3.92. The van der Waals surface area contributed by atoms with Crippen molar-refractivity contribution in [3.05, 3.63) is 35.4 Å². The zero-order chi connectivity index (χ0) is 13.4. The monoisotopic (exact) mass is 245 g/mol. The van der Waals surface area contributed by atoms with E-state index in [9.17, 15) is 9.59 Å². The number of hydrogen-bond donors (Lipinski definition) is 3. The van der Waals surface area contributed by atoms with Crippen molar-refractivity contribution in [3.63, 3.8) is 0 Å². The number of amides is 2. The van der Waals surface area contributed by atoms with E-state index in [1.165, 1.54) is 7.05 Å². The van der Waals surface area contributed by atoms with Gasteiger partial charge >= 0.3 is 0 Å². The average molecular weight is 245 g/mol. The summed E-state index contributed by atoms with van der Waals surface area (Å²) < 4.78 is 0. The maximum absolute atomic E-state index is 11.9. The zero-order valence-corrected chi connectivity index (χ0v) is 10.1. The molecular formula is C13H15N3O2. The first-order valence-electron chi connectivity index (χ1n) is 5.45. The maximum Gasteiger partial charge on any atom is 0.252 e. The molecule has 94 valence electrons. The Labute approximate surface area is 106 Å². The van der Waals surface area contributed by atoms with Crippen LogP contribution in [0.15, 0.2) is 24.3 Å². The summed E-state index contributed by atoms with van der Waals surface area (Å²) in [6.07, 6.45) is 0. The van der Waals surface area contributed by atoms with Crippen LogP contribution in [0.2, 0.25) is 0 Å². The van der Waals surface area contributed by atoms with Gasteiger partial charge in [-0.05, 0) is 12.1 Å². The SMILES string of the molecule is CNC(=O)CNC(=O)c1ccccc1C#CCN. The van der Waals surface area contributed by atoms with E-state index in [0.29, 0.717) is 11.1 Å². The predicted octanol–water partition coefficient (Wildman–Crippen LogP) is -0.527. The van der Waals surface area contributed by atoms with Gasteiger partial charge in [0.25, 0.3) is 5.91 Å². The van der Waals surface area contributed by atoms with Gasteiger partial charge in [-0.25, -0.2) is 0 Å². The lowest BCUT2D eigenvalue weighted by molar-refractivity contribution is -0.119. The second kappa shape index (κ2) is 7.09. The maximum atomic E-state index is 11.9. The lowest BCUT2D eigenvalue weighted by Crippen LogP contribution is -2.35. The summed E-state index contributed by atoms with van der Waals surface area (Å²) in [5.41, 5.74) is 6.32. The summed E-state index contributed by atoms with van der Waals surface area (Å²) >= 11 is 0. The molecule has 1 aromatic rings. The molecule has 0 aliphatic rings. The molecule has 5 heteroatoms. The van der Waals surface area contributed by atoms with E-state index in [2.05, 4.69) is 22.5 Å². The number of hydrogen-bond acceptors (Lipinski definition) is 3. The fraction of sp³-hybridized carbons (Fsp3) is 0.231. The van der Waals surface area contributed by atoms with Gasteiger partial charge in [-0.2, -0.15) is 0 Å². The molecule has 0 aromatic heterocycles. The van der Waals surface area contributed by atoms with Gasteiger partial charge in [0.2, 0.25) is 5.91 Å². The molecule has 0 spiro atoms. The van der Waals surface area contributed by atoms with E-state index in [1.54, 1.807) is 24.3 Å². The molecule has 0 heterocycles. The molecule has 0 bridgehead atoms. The quantitative estimate of drug-likeness (QED) is 0.626. The Morgan fingerprint density at radius 2 is 2.06 bits per heavy atom. The molecule has 0 unspecified atom stereocenters. The van der Waals surface area contributed by atoms with E-state index >= 15 is 0 Å². The van der Waals surface area contributed by atoms with Gasteiger partial charge < -0.3 is 16.4 Å². The van der Waals surface area contributed by atoms with Gasteiger partial charge in [0.15, 0.2) is 0 Å². The average Bonchev–Trinajstić information content (AvgIpc) is 2.42. The lowest BCUT2D eigenvalue weighted by atomic mass is 10.1. The van der Waals surface area contributed by atoms with Crippen LogP contribution in [0.4, 0.5) is 0 Å². The minimum Gasteiger partial charge on any atom is -0.358 e. The van der Waals surface area contributed by atoms with Crippen LogP contribution < -0.4 is 16.4 Å². The third-order valence-corrected chi connectivity index (χ3v) is 2.19. The lowest BCUT2D eigenvalue weighted by Gasteiger charge is -2.06. The van der Waals surface area contributed by atoms with Crippen LogP contribution in [-0.2, 0) is 4.79 Å². The minimum absolute atomic E-state index is 0.0615. The molecule has 0 fully saturated rings. The van der Waals surface area contributed by atoms with Gasteiger partial charge in [0.1, 0.15) is 0 Å². The smallest absolute Gasteiger partial charge is 0.252 e. The van der Waals surface area contributed by atoms with Crippen molar-refractivity contribution in [1.82, 2.24) is 10.6 Å². The Bertz CT molecular complexity index is 500. The van der Waals surface area contributed by atoms with Crippen LogP contribution in [0.5, 0.6) is 0 Å². The van der Waals surface area contributed by atoms with Gasteiger partial charge in [-0.3, -0.25) is 9.59 Å². The Morgan fingerprint density at radius 1 is 1.33 bits per heavy atom. The predicted molar refractivity (Wildman–Crippen MR) is 68.8 cm³/mol. The van der Waals surface area contributed by atoms with Crippen LogP contribution in [0.3, 0.4) is 0 Å². The van der Waals surface area contributed by atoms with Crippen molar-refractivity contribution >= 4 is 11.8 Å². The molecule has 0 atom stereocenters. The molecule has 18 heavy (non-hydrogen) atoms. The first-order valence-corrected chi connectivity index (χ1v) is 5.45. The standard InChI is InChI=1S/C13H15N3O2/c1-15-12(17)9-16-13(18)11-7-3-2-5-10(11)6-4-8-14/h2-3,5,7H,8-9,14H2,1H3,(H,15,17)(H,16,18). The number of nitrogens with two attached hydrogens (primary N) is 1. The number of benzene rings is 1. The van der Waals surface area contributed by atoms with Crippen LogP contribution >= 0.6 is 0 Å². The fourth-order valence-corrected chi connectivity index (χ4v) is 1.28. The third-order valence-electron chi connectivity index (χ3n) is 2.19. The molecule has 0 aliphatic heterocycles. The van der Waals surface area contributed by atoms with Crippen molar-refractivity contribution in [2.45, 2.75) is 0 Å². The normalized spacial score (nSPS) is 9.00. The van der Waals surface area contributed by atoms with Crippen molar-refractivity contribution in [2.75, 3.05) is 20.1 Å². The topological polar surface area (TPSA) is 84.2 Å². The summed E-state index contributed by atoms with van der Waals surface area (Å²) in [5.74, 6) is 4.92. The first kappa shape index (κ1) is 13.7. The van der Waals surface area contributed by atoms with Crippen LogP contribution in [0, 0.1) is 11.8 Å². The molecule has 5 nitrogen and oxygen atoms in total. The Kier molecular flexibility index (Phi) is 5.42. The van der Waals surface area contributed by atoms with Crippen LogP contribution in [-0.4, -0.2) is 32.0 Å². The first-order chi connectivity index (χ1) is 8.69. The largest absolute Gasteiger partial charge is 0.358 e. The molecular weight excluding hydrogens is 230 g/mol. The van der Waals surface area contributed by atoms with Crippen molar-refractivity contribution < 1.29 is 9.59 Å². The number of carbonyl (C=O) groups is 2. The number of nitrogens with one attached hydrogen (secondary N) is 2. The Balaban J connectivity index is 2.82. The van der Waals surface area contributed by atoms with Gasteiger partial charge in [0, 0.05) is 12.6 Å². The van der Waals surface area contributed by atoms with Crippen molar-refractivity contribution in [1.29, 1.82) is 0 Å². The van der Waals surface area contributed by atoms with E-state index in [1.807, 2.05) is 0 Å². The molecule has 0 aliphatic carbocycles. The highest BCUT2D eigenvalue weighted by Crippen LogP contribution is 2.06. The Morgan fingerprint density at radius 3 is 2.72 bits per heavy atom. The zero-order valence-electron chi connectivity index (χ0n) is 10.1. The van der Waals surface area contributed by atoms with E-state index in [0.717, 1.165) is 0 Å². The molecule has 1 aromatic carbocycles. The van der Waals surface area contributed by atoms with E-state index < -0.39 is 0 Å². The molecule has 2 amide bonds. The molecule has 4 N–H and O–H groups in total. The van der Waals surface area contributed by atoms with E-state index in [4.69, 9.17) is 5.73 Å². The highest BCUT2D eigenvalue weighted by Gasteiger charge is 2.10. The highest BCUT2D eigenvalue weighted by atomic mass is 16.2. The second-order valence-electron chi connectivity index (χ2n) is 3.41.